The number of hydrogen-bond donors (Lipinski definition) is 1. The number of amides is 1. The Balaban J connectivity index is 1.72. The number of thioether (sulfide) groups is 1. The molecule has 0 aromatic carbocycles. The van der Waals surface area contributed by atoms with Gasteiger partial charge in [-0.2, -0.15) is 16.1 Å². The predicted molar refractivity (Wildman–Crippen MR) is 100 cm³/mol. The molecule has 1 aliphatic carbocycles. The van der Waals surface area contributed by atoms with E-state index in [-0.39, 0.29) is 16.8 Å². The summed E-state index contributed by atoms with van der Waals surface area (Å²) in [6, 6.07) is 1.74. The molecule has 6 nitrogen and oxygen atoms in total. The highest BCUT2D eigenvalue weighted by Gasteiger charge is 2.29. The number of nitrogens with zero attached hydrogens (tertiary/aromatic N) is 2. The second-order valence-electron chi connectivity index (χ2n) is 6.83. The number of sulfonamides is 1. The molecule has 1 aliphatic heterocycles. The van der Waals surface area contributed by atoms with Crippen LogP contribution in [-0.4, -0.2) is 66.2 Å². The van der Waals surface area contributed by atoms with E-state index >= 15 is 0 Å². The molecule has 2 heterocycles. The Labute approximate surface area is 154 Å². The fourth-order valence-electron chi connectivity index (χ4n) is 3.58. The second kappa shape index (κ2) is 8.14. The van der Waals surface area contributed by atoms with E-state index in [0.29, 0.717) is 18.8 Å². The van der Waals surface area contributed by atoms with Crippen molar-refractivity contribution in [2.24, 2.45) is 0 Å². The van der Waals surface area contributed by atoms with Gasteiger partial charge in [0.2, 0.25) is 10.0 Å². The van der Waals surface area contributed by atoms with Crippen LogP contribution in [0.4, 0.5) is 0 Å². The maximum absolute atomic E-state index is 12.8. The third-order valence-electron chi connectivity index (χ3n) is 5.19. The quantitative estimate of drug-likeness (QED) is 0.809. The summed E-state index contributed by atoms with van der Waals surface area (Å²) in [4.78, 5) is 17.6. The monoisotopic (exact) mass is 385 g/mol. The van der Waals surface area contributed by atoms with Crippen molar-refractivity contribution < 1.29 is 13.2 Å². The minimum atomic E-state index is -3.51. The number of nitrogens with one attached hydrogen (secondary N) is 1. The fraction of sp³-hybridized carbons (Fsp3) is 0.706. The molecule has 1 saturated carbocycles. The summed E-state index contributed by atoms with van der Waals surface area (Å²) in [6.07, 6.45) is 8.28. The lowest BCUT2D eigenvalue weighted by atomic mass is 10.1. The first kappa shape index (κ1) is 18.8. The van der Waals surface area contributed by atoms with Crippen LogP contribution in [0.1, 0.15) is 49.0 Å². The zero-order chi connectivity index (χ0) is 17.9. The van der Waals surface area contributed by atoms with Crippen molar-refractivity contribution in [2.45, 2.75) is 49.5 Å². The van der Waals surface area contributed by atoms with Gasteiger partial charge < -0.3 is 9.88 Å². The Hall–Kier alpha value is -0.990. The van der Waals surface area contributed by atoms with Crippen LogP contribution in [0.5, 0.6) is 0 Å². The Morgan fingerprint density at radius 3 is 2.48 bits per heavy atom. The molecule has 0 radical (unpaired) electrons. The van der Waals surface area contributed by atoms with Gasteiger partial charge in [-0.1, -0.05) is 25.7 Å². The van der Waals surface area contributed by atoms with Gasteiger partial charge >= 0.3 is 0 Å². The van der Waals surface area contributed by atoms with Crippen LogP contribution in [0.15, 0.2) is 17.2 Å². The molecule has 25 heavy (non-hydrogen) atoms. The Morgan fingerprint density at radius 1 is 1.20 bits per heavy atom. The van der Waals surface area contributed by atoms with E-state index in [1.807, 2.05) is 7.05 Å². The smallest absolute Gasteiger partial charge is 0.270 e. The van der Waals surface area contributed by atoms with Crippen LogP contribution >= 0.6 is 11.8 Å². The van der Waals surface area contributed by atoms with Gasteiger partial charge in [-0.05, 0) is 18.9 Å². The molecular weight excluding hydrogens is 358 g/mol. The molecule has 2 aliphatic rings. The first-order chi connectivity index (χ1) is 12.0. The third-order valence-corrected chi connectivity index (χ3v) is 8.01. The van der Waals surface area contributed by atoms with Crippen molar-refractivity contribution in [2.75, 3.05) is 31.6 Å². The van der Waals surface area contributed by atoms with Crippen molar-refractivity contribution in [1.82, 2.24) is 14.2 Å². The SMILES string of the molecule is CN(C(=O)c1cc(S(=O)(=O)N2CCSCC2)c[nH]1)C1CCCCCC1. The first-order valence-electron chi connectivity index (χ1n) is 9.03. The number of rotatable bonds is 4. The largest absolute Gasteiger partial charge is 0.356 e. The van der Waals surface area contributed by atoms with E-state index < -0.39 is 10.0 Å². The average molecular weight is 386 g/mol. The maximum atomic E-state index is 12.8. The predicted octanol–water partition coefficient (Wildman–Crippen LogP) is 2.55. The summed E-state index contributed by atoms with van der Waals surface area (Å²) in [5, 5.41) is 0. The van der Waals surface area contributed by atoms with Gasteiger partial charge in [0.05, 0.1) is 0 Å². The molecule has 3 rings (SSSR count). The average Bonchev–Trinajstić information content (AvgIpc) is 2.98. The molecular formula is C17H27N3O3S2. The van der Waals surface area contributed by atoms with Gasteiger partial charge in [-0.3, -0.25) is 4.79 Å². The summed E-state index contributed by atoms with van der Waals surface area (Å²) in [5.41, 5.74) is 0.358. The van der Waals surface area contributed by atoms with E-state index in [1.54, 1.807) is 16.7 Å². The molecule has 0 atom stereocenters. The summed E-state index contributed by atoms with van der Waals surface area (Å²) >= 11 is 1.77. The summed E-state index contributed by atoms with van der Waals surface area (Å²) in [7, 11) is -1.68. The number of aromatic nitrogens is 1. The number of carbonyl (C=O) groups is 1. The molecule has 8 heteroatoms. The van der Waals surface area contributed by atoms with Crippen molar-refractivity contribution in [3.63, 3.8) is 0 Å². The topological polar surface area (TPSA) is 73.5 Å². The van der Waals surface area contributed by atoms with Crippen molar-refractivity contribution in [1.29, 1.82) is 0 Å². The molecule has 2 fully saturated rings. The van der Waals surface area contributed by atoms with Crippen LogP contribution in [0.25, 0.3) is 0 Å². The fourth-order valence-corrected chi connectivity index (χ4v) is 6.15. The lowest BCUT2D eigenvalue weighted by molar-refractivity contribution is 0.0712. The zero-order valence-electron chi connectivity index (χ0n) is 14.7. The molecule has 0 bridgehead atoms. The Kier molecular flexibility index (Phi) is 6.12. The Bertz CT molecular complexity index is 688. The standard InChI is InChI=1S/C17H27N3O3S2/c1-19(14-6-4-2-3-5-7-14)17(21)16-12-15(13-18-16)25(22,23)20-8-10-24-11-9-20/h12-14,18H,2-11H2,1H3. The molecule has 1 amide bonds. The maximum Gasteiger partial charge on any atom is 0.270 e. The molecule has 140 valence electrons. The Morgan fingerprint density at radius 2 is 1.84 bits per heavy atom. The minimum absolute atomic E-state index is 0.123. The van der Waals surface area contributed by atoms with E-state index in [0.717, 1.165) is 37.2 Å². The second-order valence-corrected chi connectivity index (χ2v) is 9.99. The summed E-state index contributed by atoms with van der Waals surface area (Å²) < 4.78 is 26.9. The van der Waals surface area contributed by atoms with Gasteiger partial charge in [0.25, 0.3) is 5.91 Å². The number of carbonyl (C=O) groups excluding carboxylic acids is 1. The number of hydrogen-bond acceptors (Lipinski definition) is 4. The summed E-state index contributed by atoms with van der Waals surface area (Å²) in [6.45, 7) is 1.06. The van der Waals surface area contributed by atoms with Crippen LogP contribution < -0.4 is 0 Å². The van der Waals surface area contributed by atoms with Gasteiger partial charge in [0.1, 0.15) is 10.6 Å². The lowest BCUT2D eigenvalue weighted by Gasteiger charge is -2.26. The first-order valence-corrected chi connectivity index (χ1v) is 11.6. The highest BCUT2D eigenvalue weighted by Crippen LogP contribution is 2.24. The highest BCUT2D eigenvalue weighted by molar-refractivity contribution is 7.99. The molecule has 0 unspecified atom stereocenters. The molecule has 1 N–H and O–H groups in total. The number of H-pyrrole nitrogens is 1. The normalized spacial score (nSPS) is 21.0. The molecule has 0 spiro atoms. The van der Waals surface area contributed by atoms with E-state index in [9.17, 15) is 13.2 Å². The molecule has 1 aromatic heterocycles. The lowest BCUT2D eigenvalue weighted by Crippen LogP contribution is -2.38. The van der Waals surface area contributed by atoms with Gasteiger partial charge in [0.15, 0.2) is 0 Å². The minimum Gasteiger partial charge on any atom is -0.356 e. The molecule has 1 aromatic rings. The van der Waals surface area contributed by atoms with Crippen molar-refractivity contribution in [3.05, 3.63) is 18.0 Å². The van der Waals surface area contributed by atoms with Crippen molar-refractivity contribution in [3.8, 4) is 0 Å². The number of aromatic amines is 1. The van der Waals surface area contributed by atoms with Crippen LogP contribution in [-0.2, 0) is 10.0 Å². The van der Waals surface area contributed by atoms with Crippen LogP contribution in [0.2, 0.25) is 0 Å². The third kappa shape index (κ3) is 4.23. The van der Waals surface area contributed by atoms with E-state index in [2.05, 4.69) is 4.98 Å². The van der Waals surface area contributed by atoms with Gasteiger partial charge in [0, 0.05) is 43.9 Å². The van der Waals surface area contributed by atoms with E-state index in [4.69, 9.17) is 0 Å². The zero-order valence-corrected chi connectivity index (χ0v) is 16.4. The van der Waals surface area contributed by atoms with Gasteiger partial charge in [-0.25, -0.2) is 8.42 Å². The summed E-state index contributed by atoms with van der Waals surface area (Å²) in [5.74, 6) is 1.52. The van der Waals surface area contributed by atoms with Crippen LogP contribution in [0.3, 0.4) is 0 Å². The van der Waals surface area contributed by atoms with Crippen molar-refractivity contribution >= 4 is 27.7 Å². The highest BCUT2D eigenvalue weighted by atomic mass is 32.2. The molecule has 1 saturated heterocycles. The van der Waals surface area contributed by atoms with Crippen LogP contribution in [0, 0.1) is 0 Å². The van der Waals surface area contributed by atoms with Gasteiger partial charge in [-0.15, -0.1) is 0 Å². The van der Waals surface area contributed by atoms with E-state index in [1.165, 1.54) is 29.4 Å².